The number of benzene rings is 1. The van der Waals surface area contributed by atoms with Gasteiger partial charge in [-0.15, -0.1) is 0 Å². The van der Waals surface area contributed by atoms with Crippen molar-refractivity contribution in [3.8, 4) is 0 Å². The predicted octanol–water partition coefficient (Wildman–Crippen LogP) is 1.87. The minimum atomic E-state index is 0.148. The Labute approximate surface area is 119 Å². The minimum Gasteiger partial charge on any atom is -0.340 e. The highest BCUT2D eigenvalue weighted by molar-refractivity contribution is 5.98. The van der Waals surface area contributed by atoms with Crippen molar-refractivity contribution in [2.24, 2.45) is 7.05 Å². The van der Waals surface area contributed by atoms with Gasteiger partial charge >= 0.3 is 0 Å². The lowest BCUT2D eigenvalue weighted by Crippen LogP contribution is -2.47. The molecule has 1 saturated heterocycles. The largest absolute Gasteiger partial charge is 0.340 e. The summed E-state index contributed by atoms with van der Waals surface area (Å²) >= 11 is 0. The van der Waals surface area contributed by atoms with Gasteiger partial charge in [0, 0.05) is 44.1 Å². The number of carbonyl (C=O) groups excluding carboxylic acids is 1. The number of rotatable bonds is 1. The molecule has 0 atom stereocenters. The molecule has 1 aromatic heterocycles. The fourth-order valence-electron chi connectivity index (χ4n) is 2.82. The summed E-state index contributed by atoms with van der Waals surface area (Å²) in [6, 6.07) is 8.32. The van der Waals surface area contributed by atoms with Gasteiger partial charge in [0.05, 0.1) is 0 Å². The van der Waals surface area contributed by atoms with E-state index < -0.39 is 0 Å². The van der Waals surface area contributed by atoms with Crippen LogP contribution in [0.2, 0.25) is 0 Å². The van der Waals surface area contributed by atoms with Crippen molar-refractivity contribution >= 4 is 16.8 Å². The highest BCUT2D eigenvalue weighted by Gasteiger charge is 2.23. The second kappa shape index (κ2) is 4.94. The minimum absolute atomic E-state index is 0.148. The van der Waals surface area contributed by atoms with Gasteiger partial charge in [0.15, 0.2) is 0 Å². The summed E-state index contributed by atoms with van der Waals surface area (Å²) in [4.78, 5) is 16.9. The van der Waals surface area contributed by atoms with Gasteiger partial charge in [-0.05, 0) is 31.7 Å². The number of hydrogen-bond donors (Lipinski definition) is 0. The normalized spacial score (nSPS) is 16.9. The Morgan fingerprint density at radius 2 is 1.75 bits per heavy atom. The first-order valence-corrected chi connectivity index (χ1v) is 7.10. The van der Waals surface area contributed by atoms with E-state index in [2.05, 4.69) is 37.1 Å². The molecule has 1 aliphatic rings. The summed E-state index contributed by atoms with van der Waals surface area (Å²) in [5.41, 5.74) is 3.13. The van der Waals surface area contributed by atoms with Gasteiger partial charge in [-0.25, -0.2) is 0 Å². The van der Waals surface area contributed by atoms with Crippen LogP contribution in [0.1, 0.15) is 16.1 Å². The van der Waals surface area contributed by atoms with Crippen molar-refractivity contribution < 1.29 is 4.79 Å². The first kappa shape index (κ1) is 13.2. The zero-order valence-corrected chi connectivity index (χ0v) is 12.4. The van der Waals surface area contributed by atoms with Gasteiger partial charge in [-0.3, -0.25) is 4.79 Å². The molecule has 106 valence electrons. The first-order valence-electron chi connectivity index (χ1n) is 7.10. The second-order valence-corrected chi connectivity index (χ2v) is 5.75. The molecule has 1 amide bonds. The molecule has 1 fully saturated rings. The van der Waals surface area contributed by atoms with Crippen LogP contribution in [0.5, 0.6) is 0 Å². The molecule has 2 aromatic rings. The fourth-order valence-corrected chi connectivity index (χ4v) is 2.82. The molecular formula is C16H21N3O. The molecule has 3 rings (SSSR count). The summed E-state index contributed by atoms with van der Waals surface area (Å²) in [5, 5.41) is 1.13. The molecule has 1 aliphatic heterocycles. The average Bonchev–Trinajstić information content (AvgIpc) is 2.76. The van der Waals surface area contributed by atoms with Gasteiger partial charge in [0.25, 0.3) is 5.91 Å². The Kier molecular flexibility index (Phi) is 3.26. The van der Waals surface area contributed by atoms with Crippen molar-refractivity contribution in [1.29, 1.82) is 0 Å². The maximum absolute atomic E-state index is 12.7. The van der Waals surface area contributed by atoms with Crippen LogP contribution in [-0.2, 0) is 7.05 Å². The van der Waals surface area contributed by atoms with Gasteiger partial charge in [0.1, 0.15) is 5.69 Å². The van der Waals surface area contributed by atoms with Crippen molar-refractivity contribution in [1.82, 2.24) is 14.4 Å². The van der Waals surface area contributed by atoms with E-state index >= 15 is 0 Å². The maximum Gasteiger partial charge on any atom is 0.270 e. The van der Waals surface area contributed by atoms with Gasteiger partial charge in [-0.2, -0.15) is 0 Å². The third-order valence-electron chi connectivity index (χ3n) is 4.21. The van der Waals surface area contributed by atoms with Crippen LogP contribution in [0.3, 0.4) is 0 Å². The molecule has 0 unspecified atom stereocenters. The topological polar surface area (TPSA) is 28.5 Å². The summed E-state index contributed by atoms with van der Waals surface area (Å²) in [6.45, 7) is 5.61. The molecule has 2 heterocycles. The summed E-state index contributed by atoms with van der Waals surface area (Å²) in [6.07, 6.45) is 0. The summed E-state index contributed by atoms with van der Waals surface area (Å²) in [7, 11) is 4.08. The molecule has 4 nitrogen and oxygen atoms in total. The summed E-state index contributed by atoms with van der Waals surface area (Å²) < 4.78 is 2.02. The van der Waals surface area contributed by atoms with E-state index in [9.17, 15) is 4.79 Å². The standard InChI is InChI=1S/C16H21N3O/c1-12-4-5-13-11-15(18(3)14(13)10-12)16(20)19-8-6-17(2)7-9-19/h4-5,10-11H,6-9H2,1-3H3. The molecule has 1 aromatic carbocycles. The average molecular weight is 271 g/mol. The molecule has 4 heteroatoms. The summed E-state index contributed by atoms with van der Waals surface area (Å²) in [5.74, 6) is 0.148. The van der Waals surface area contributed by atoms with Crippen molar-refractivity contribution in [3.63, 3.8) is 0 Å². The predicted molar refractivity (Wildman–Crippen MR) is 81.1 cm³/mol. The van der Waals surface area contributed by atoms with E-state index in [0.717, 1.165) is 42.8 Å². The van der Waals surface area contributed by atoms with E-state index in [1.54, 1.807) is 0 Å². The van der Waals surface area contributed by atoms with Crippen LogP contribution in [0.25, 0.3) is 10.9 Å². The van der Waals surface area contributed by atoms with Gasteiger partial charge in [0.2, 0.25) is 0 Å². The Morgan fingerprint density at radius 1 is 1.05 bits per heavy atom. The molecular weight excluding hydrogens is 250 g/mol. The van der Waals surface area contributed by atoms with E-state index in [1.165, 1.54) is 5.56 Å². The Balaban J connectivity index is 1.93. The SMILES string of the molecule is Cc1ccc2cc(C(=O)N3CCN(C)CC3)n(C)c2c1. The highest BCUT2D eigenvalue weighted by Crippen LogP contribution is 2.21. The third kappa shape index (κ3) is 2.20. The maximum atomic E-state index is 12.7. The Bertz CT molecular complexity index is 651. The Hall–Kier alpha value is -1.81. The quantitative estimate of drug-likeness (QED) is 0.792. The van der Waals surface area contributed by atoms with E-state index in [-0.39, 0.29) is 5.91 Å². The van der Waals surface area contributed by atoms with Crippen LogP contribution in [0.15, 0.2) is 24.3 Å². The monoisotopic (exact) mass is 271 g/mol. The van der Waals surface area contributed by atoms with Crippen LogP contribution in [0, 0.1) is 6.92 Å². The molecule has 0 aliphatic carbocycles. The van der Waals surface area contributed by atoms with Gasteiger partial charge in [-0.1, -0.05) is 12.1 Å². The lowest BCUT2D eigenvalue weighted by molar-refractivity contribution is 0.0655. The number of carbonyl (C=O) groups is 1. The Morgan fingerprint density at radius 3 is 2.45 bits per heavy atom. The number of hydrogen-bond acceptors (Lipinski definition) is 2. The fraction of sp³-hybridized carbons (Fsp3) is 0.438. The van der Waals surface area contributed by atoms with Crippen LogP contribution in [0.4, 0.5) is 0 Å². The zero-order valence-electron chi connectivity index (χ0n) is 12.4. The highest BCUT2D eigenvalue weighted by atomic mass is 16.2. The van der Waals surface area contributed by atoms with Crippen molar-refractivity contribution in [2.75, 3.05) is 33.2 Å². The van der Waals surface area contributed by atoms with Crippen LogP contribution >= 0.6 is 0 Å². The molecule has 0 saturated carbocycles. The number of aryl methyl sites for hydroxylation is 2. The number of fused-ring (bicyclic) bond motifs is 1. The first-order chi connectivity index (χ1) is 9.56. The number of likely N-dealkylation sites (N-methyl/N-ethyl adjacent to an activating group) is 1. The second-order valence-electron chi connectivity index (χ2n) is 5.75. The van der Waals surface area contributed by atoms with E-state index in [1.807, 2.05) is 22.6 Å². The van der Waals surface area contributed by atoms with Crippen LogP contribution in [-0.4, -0.2) is 53.5 Å². The third-order valence-corrected chi connectivity index (χ3v) is 4.21. The van der Waals surface area contributed by atoms with Crippen molar-refractivity contribution in [2.45, 2.75) is 6.92 Å². The number of aromatic nitrogens is 1. The molecule has 0 radical (unpaired) electrons. The van der Waals surface area contributed by atoms with Crippen LogP contribution < -0.4 is 0 Å². The van der Waals surface area contributed by atoms with Gasteiger partial charge < -0.3 is 14.4 Å². The molecule has 20 heavy (non-hydrogen) atoms. The molecule has 0 N–H and O–H groups in total. The lowest BCUT2D eigenvalue weighted by atomic mass is 10.2. The number of piperazine rings is 1. The smallest absolute Gasteiger partial charge is 0.270 e. The molecule has 0 bridgehead atoms. The zero-order chi connectivity index (χ0) is 14.3. The van der Waals surface area contributed by atoms with Crippen molar-refractivity contribution in [3.05, 3.63) is 35.5 Å². The van der Waals surface area contributed by atoms with E-state index in [0.29, 0.717) is 0 Å². The number of amides is 1. The molecule has 0 spiro atoms. The lowest BCUT2D eigenvalue weighted by Gasteiger charge is -2.32. The number of nitrogens with zero attached hydrogens (tertiary/aromatic N) is 3. The van der Waals surface area contributed by atoms with E-state index in [4.69, 9.17) is 0 Å².